The Hall–Kier alpha value is -1.87. The molecule has 0 radical (unpaired) electrons. The highest BCUT2D eigenvalue weighted by molar-refractivity contribution is 5.41. The summed E-state index contributed by atoms with van der Waals surface area (Å²) in [6, 6.07) is 10.8. The lowest BCUT2D eigenvalue weighted by atomic mass is 10.1. The van der Waals surface area contributed by atoms with E-state index in [0.717, 1.165) is 11.1 Å². The van der Waals surface area contributed by atoms with Crippen LogP contribution in [0.1, 0.15) is 16.7 Å². The van der Waals surface area contributed by atoms with Crippen LogP contribution in [0.5, 0.6) is 11.5 Å². The number of hydrogen-bond acceptors (Lipinski definition) is 2. The molecule has 3 heteroatoms. The average Bonchev–Trinajstić information content (AvgIpc) is 2.35. The third-order valence-corrected chi connectivity index (χ3v) is 2.82. The Kier molecular flexibility index (Phi) is 3.63. The maximum atomic E-state index is 13.9. The fourth-order valence-electron chi connectivity index (χ4n) is 1.74. The molecule has 2 nitrogen and oxygen atoms in total. The van der Waals surface area contributed by atoms with E-state index in [1.54, 1.807) is 25.1 Å². The van der Waals surface area contributed by atoms with Crippen LogP contribution in [0.25, 0.3) is 0 Å². The molecule has 0 saturated heterocycles. The van der Waals surface area contributed by atoms with Crippen molar-refractivity contribution in [2.24, 2.45) is 5.73 Å². The van der Waals surface area contributed by atoms with Gasteiger partial charge in [0.25, 0.3) is 0 Å². The van der Waals surface area contributed by atoms with Gasteiger partial charge in [-0.2, -0.15) is 0 Å². The Bertz CT molecular complexity index is 566. The molecule has 0 unspecified atom stereocenters. The molecule has 0 aromatic heterocycles. The van der Waals surface area contributed by atoms with Gasteiger partial charge >= 0.3 is 0 Å². The lowest BCUT2D eigenvalue weighted by Gasteiger charge is -2.12. The minimum Gasteiger partial charge on any atom is -0.454 e. The maximum absolute atomic E-state index is 13.9. The van der Waals surface area contributed by atoms with E-state index in [2.05, 4.69) is 0 Å². The topological polar surface area (TPSA) is 35.2 Å². The zero-order valence-corrected chi connectivity index (χ0v) is 10.5. The molecule has 2 aromatic carbocycles. The van der Waals surface area contributed by atoms with Crippen LogP contribution in [0.4, 0.5) is 4.39 Å². The highest BCUT2D eigenvalue weighted by Gasteiger charge is 2.09. The minimum atomic E-state index is -0.332. The van der Waals surface area contributed by atoms with Crippen LogP contribution in [0.15, 0.2) is 36.4 Å². The summed E-state index contributed by atoms with van der Waals surface area (Å²) in [6.07, 6.45) is 0. The van der Waals surface area contributed by atoms with Crippen molar-refractivity contribution in [2.75, 3.05) is 0 Å². The SMILES string of the molecule is Cc1ccc(CN)c(Oc2cccc(C)c2F)c1. The van der Waals surface area contributed by atoms with Crippen LogP contribution in [0, 0.1) is 19.7 Å². The average molecular weight is 245 g/mol. The molecule has 2 rings (SSSR count). The smallest absolute Gasteiger partial charge is 0.168 e. The molecule has 94 valence electrons. The van der Waals surface area contributed by atoms with Gasteiger partial charge in [0, 0.05) is 12.1 Å². The second kappa shape index (κ2) is 5.19. The first-order chi connectivity index (χ1) is 8.61. The highest BCUT2D eigenvalue weighted by atomic mass is 19.1. The molecule has 0 fully saturated rings. The van der Waals surface area contributed by atoms with Crippen molar-refractivity contribution in [3.05, 3.63) is 58.9 Å². The second-order valence-electron chi connectivity index (χ2n) is 4.30. The molecule has 0 bridgehead atoms. The lowest BCUT2D eigenvalue weighted by molar-refractivity contribution is 0.435. The second-order valence-corrected chi connectivity index (χ2v) is 4.30. The summed E-state index contributed by atoms with van der Waals surface area (Å²) in [7, 11) is 0. The molecular weight excluding hydrogens is 229 g/mol. The molecule has 0 spiro atoms. The summed E-state index contributed by atoms with van der Waals surface area (Å²) in [5, 5.41) is 0. The highest BCUT2D eigenvalue weighted by Crippen LogP contribution is 2.29. The Morgan fingerprint density at radius 1 is 1.11 bits per heavy atom. The van der Waals surface area contributed by atoms with Crippen molar-refractivity contribution in [3.63, 3.8) is 0 Å². The van der Waals surface area contributed by atoms with Gasteiger partial charge in [-0.3, -0.25) is 0 Å². The van der Waals surface area contributed by atoms with Crippen molar-refractivity contribution >= 4 is 0 Å². The molecule has 0 aliphatic heterocycles. The van der Waals surface area contributed by atoms with Crippen LogP contribution in [0.3, 0.4) is 0 Å². The Morgan fingerprint density at radius 3 is 2.61 bits per heavy atom. The first kappa shape index (κ1) is 12.6. The molecule has 18 heavy (non-hydrogen) atoms. The maximum Gasteiger partial charge on any atom is 0.168 e. The normalized spacial score (nSPS) is 10.4. The van der Waals surface area contributed by atoms with E-state index >= 15 is 0 Å². The summed E-state index contributed by atoms with van der Waals surface area (Å²) in [4.78, 5) is 0. The van der Waals surface area contributed by atoms with Gasteiger partial charge < -0.3 is 10.5 Å². The summed E-state index contributed by atoms with van der Waals surface area (Å²) < 4.78 is 19.5. The van der Waals surface area contributed by atoms with E-state index in [-0.39, 0.29) is 11.6 Å². The van der Waals surface area contributed by atoms with Gasteiger partial charge in [-0.1, -0.05) is 24.3 Å². The summed E-state index contributed by atoms with van der Waals surface area (Å²) in [5.41, 5.74) is 8.13. The van der Waals surface area contributed by atoms with Gasteiger partial charge in [0.05, 0.1) is 0 Å². The predicted octanol–water partition coefficient (Wildman–Crippen LogP) is 3.69. The van der Waals surface area contributed by atoms with Gasteiger partial charge in [-0.15, -0.1) is 0 Å². The Morgan fingerprint density at radius 2 is 1.89 bits per heavy atom. The summed E-state index contributed by atoms with van der Waals surface area (Å²) in [6.45, 7) is 4.03. The number of halogens is 1. The van der Waals surface area contributed by atoms with E-state index in [1.165, 1.54) is 0 Å². The van der Waals surface area contributed by atoms with Gasteiger partial charge in [-0.05, 0) is 37.1 Å². The number of rotatable bonds is 3. The van der Waals surface area contributed by atoms with Crippen molar-refractivity contribution in [2.45, 2.75) is 20.4 Å². The number of nitrogens with two attached hydrogens (primary N) is 1. The van der Waals surface area contributed by atoms with Crippen LogP contribution < -0.4 is 10.5 Å². The zero-order valence-electron chi connectivity index (χ0n) is 10.5. The number of benzene rings is 2. The zero-order chi connectivity index (χ0) is 13.1. The molecule has 2 N–H and O–H groups in total. The fourth-order valence-corrected chi connectivity index (χ4v) is 1.74. The third kappa shape index (κ3) is 2.51. The van der Waals surface area contributed by atoms with Crippen LogP contribution in [0.2, 0.25) is 0 Å². The molecular formula is C15H16FNO. The molecule has 0 amide bonds. The first-order valence-electron chi connectivity index (χ1n) is 5.84. The van der Waals surface area contributed by atoms with Crippen LogP contribution in [-0.4, -0.2) is 0 Å². The van der Waals surface area contributed by atoms with Crippen molar-refractivity contribution < 1.29 is 9.13 Å². The molecule has 0 aliphatic rings. The molecule has 0 aliphatic carbocycles. The van der Waals surface area contributed by atoms with E-state index in [9.17, 15) is 4.39 Å². The van der Waals surface area contributed by atoms with Gasteiger partial charge in [0.15, 0.2) is 11.6 Å². The summed E-state index contributed by atoms with van der Waals surface area (Å²) >= 11 is 0. The largest absolute Gasteiger partial charge is 0.454 e. The molecule has 2 aromatic rings. The fraction of sp³-hybridized carbons (Fsp3) is 0.200. The molecule has 0 saturated carbocycles. The molecule has 0 heterocycles. The van der Waals surface area contributed by atoms with E-state index < -0.39 is 0 Å². The minimum absolute atomic E-state index is 0.232. The van der Waals surface area contributed by atoms with Gasteiger partial charge in [-0.25, -0.2) is 4.39 Å². The quantitative estimate of drug-likeness (QED) is 0.895. The van der Waals surface area contributed by atoms with Gasteiger partial charge in [0.2, 0.25) is 0 Å². The number of aryl methyl sites for hydroxylation is 2. The summed E-state index contributed by atoms with van der Waals surface area (Å²) in [5.74, 6) is 0.513. The van der Waals surface area contributed by atoms with Gasteiger partial charge in [0.1, 0.15) is 5.75 Å². The first-order valence-corrected chi connectivity index (χ1v) is 5.84. The number of hydrogen-bond donors (Lipinski definition) is 1. The van der Waals surface area contributed by atoms with E-state index in [0.29, 0.717) is 17.9 Å². The van der Waals surface area contributed by atoms with Crippen molar-refractivity contribution in [3.8, 4) is 11.5 Å². The lowest BCUT2D eigenvalue weighted by Crippen LogP contribution is -2.00. The standard InChI is InChI=1S/C15H16FNO/c1-10-6-7-12(9-17)14(8-10)18-13-5-3-4-11(2)15(13)16/h3-8H,9,17H2,1-2H3. The molecule has 0 atom stereocenters. The Balaban J connectivity index is 2.39. The Labute approximate surface area is 106 Å². The van der Waals surface area contributed by atoms with E-state index in [1.807, 2.05) is 25.1 Å². The number of ether oxygens (including phenoxy) is 1. The van der Waals surface area contributed by atoms with Crippen LogP contribution in [-0.2, 0) is 6.54 Å². The van der Waals surface area contributed by atoms with E-state index in [4.69, 9.17) is 10.5 Å². The van der Waals surface area contributed by atoms with Crippen LogP contribution >= 0.6 is 0 Å². The third-order valence-electron chi connectivity index (χ3n) is 2.82. The van der Waals surface area contributed by atoms with Crippen molar-refractivity contribution in [1.29, 1.82) is 0 Å². The monoisotopic (exact) mass is 245 g/mol. The predicted molar refractivity (Wildman–Crippen MR) is 70.3 cm³/mol. The van der Waals surface area contributed by atoms with Crippen molar-refractivity contribution in [1.82, 2.24) is 0 Å².